The van der Waals surface area contributed by atoms with Crippen LogP contribution in [-0.2, 0) is 0 Å². The number of hydrogen-bond donors (Lipinski definition) is 1. The molecule has 0 saturated carbocycles. The first kappa shape index (κ1) is 10.9. The number of nitrogens with one attached hydrogen (secondary N) is 1. The zero-order valence-electron chi connectivity index (χ0n) is 9.99. The number of aryl methyl sites for hydroxylation is 2. The van der Waals surface area contributed by atoms with Gasteiger partial charge in [-0.15, -0.1) is 11.3 Å². The highest BCUT2D eigenvalue weighted by Crippen LogP contribution is 2.34. The summed E-state index contributed by atoms with van der Waals surface area (Å²) in [7, 11) is 0. The van der Waals surface area contributed by atoms with Gasteiger partial charge in [0.1, 0.15) is 17.3 Å². The molecule has 0 spiro atoms. The number of rotatable bonds is 2. The van der Waals surface area contributed by atoms with Crippen molar-refractivity contribution in [2.75, 3.05) is 13.1 Å². The van der Waals surface area contributed by atoms with E-state index in [1.165, 1.54) is 10.4 Å². The van der Waals surface area contributed by atoms with Gasteiger partial charge in [0.2, 0.25) is 5.88 Å². The minimum absolute atomic E-state index is 0.243. The predicted molar refractivity (Wildman–Crippen MR) is 68.8 cm³/mol. The third kappa shape index (κ3) is 1.89. The van der Waals surface area contributed by atoms with Gasteiger partial charge in [-0.3, -0.25) is 0 Å². The number of fused-ring (bicyclic) bond motifs is 1. The molecule has 17 heavy (non-hydrogen) atoms. The highest BCUT2D eigenvalue weighted by molar-refractivity contribution is 7.18. The number of ether oxygens (including phenoxy) is 1. The maximum Gasteiger partial charge on any atom is 0.225 e. The molecule has 1 fully saturated rings. The molecule has 0 radical (unpaired) electrons. The zero-order valence-corrected chi connectivity index (χ0v) is 10.8. The summed E-state index contributed by atoms with van der Waals surface area (Å²) < 4.78 is 5.98. The van der Waals surface area contributed by atoms with Crippen molar-refractivity contribution in [3.63, 3.8) is 0 Å². The van der Waals surface area contributed by atoms with Gasteiger partial charge in [0.15, 0.2) is 0 Å². The molecule has 1 aliphatic heterocycles. The Morgan fingerprint density at radius 2 is 2.29 bits per heavy atom. The highest BCUT2D eigenvalue weighted by Gasteiger charge is 2.19. The van der Waals surface area contributed by atoms with Crippen LogP contribution in [-0.4, -0.2) is 29.2 Å². The van der Waals surface area contributed by atoms with Crippen LogP contribution in [0.5, 0.6) is 5.88 Å². The van der Waals surface area contributed by atoms with Crippen LogP contribution in [0.25, 0.3) is 10.2 Å². The molecule has 1 N–H and O–H groups in total. The molecule has 0 amide bonds. The lowest BCUT2D eigenvalue weighted by Crippen LogP contribution is -2.20. The molecule has 2 aromatic heterocycles. The van der Waals surface area contributed by atoms with Gasteiger partial charge in [0.25, 0.3) is 0 Å². The van der Waals surface area contributed by atoms with E-state index in [1.54, 1.807) is 17.7 Å². The monoisotopic (exact) mass is 249 g/mol. The van der Waals surface area contributed by atoms with Crippen molar-refractivity contribution in [1.29, 1.82) is 0 Å². The average Bonchev–Trinajstić information content (AvgIpc) is 2.90. The van der Waals surface area contributed by atoms with Gasteiger partial charge in [-0.1, -0.05) is 0 Å². The van der Waals surface area contributed by atoms with E-state index >= 15 is 0 Å². The molecular weight excluding hydrogens is 234 g/mol. The molecule has 1 atom stereocenters. The third-order valence-electron chi connectivity index (χ3n) is 3.22. The zero-order chi connectivity index (χ0) is 11.8. The average molecular weight is 249 g/mol. The molecule has 0 bridgehead atoms. The Labute approximate surface area is 104 Å². The Balaban J connectivity index is 2.02. The molecule has 3 heterocycles. The van der Waals surface area contributed by atoms with Crippen molar-refractivity contribution in [2.45, 2.75) is 26.4 Å². The molecule has 3 rings (SSSR count). The molecule has 5 heteroatoms. The number of hydrogen-bond acceptors (Lipinski definition) is 5. The molecule has 1 aliphatic rings. The Bertz CT molecular complexity index is 546. The van der Waals surface area contributed by atoms with Crippen LogP contribution in [0.1, 0.15) is 16.9 Å². The summed E-state index contributed by atoms with van der Waals surface area (Å²) in [5.74, 6) is 0.741. The fourth-order valence-corrected chi connectivity index (χ4v) is 3.11. The van der Waals surface area contributed by atoms with Gasteiger partial charge in [-0.05, 0) is 32.4 Å². The summed E-state index contributed by atoms with van der Waals surface area (Å²) in [6.45, 7) is 6.16. The van der Waals surface area contributed by atoms with Crippen molar-refractivity contribution < 1.29 is 4.74 Å². The van der Waals surface area contributed by atoms with E-state index in [0.717, 1.165) is 35.6 Å². The van der Waals surface area contributed by atoms with Gasteiger partial charge in [-0.2, -0.15) is 0 Å². The van der Waals surface area contributed by atoms with Crippen LogP contribution in [0.4, 0.5) is 0 Å². The summed E-state index contributed by atoms with van der Waals surface area (Å²) in [5, 5.41) is 4.38. The van der Waals surface area contributed by atoms with E-state index < -0.39 is 0 Å². The standard InChI is InChI=1S/C12H15N3OS/c1-7-8(2)17-12-10(7)11(14-6-15-12)16-9-3-4-13-5-9/h6,9,13H,3-5H2,1-2H3. The van der Waals surface area contributed by atoms with Crippen molar-refractivity contribution in [1.82, 2.24) is 15.3 Å². The maximum absolute atomic E-state index is 5.98. The van der Waals surface area contributed by atoms with Crippen molar-refractivity contribution >= 4 is 21.6 Å². The molecule has 0 aromatic carbocycles. The van der Waals surface area contributed by atoms with E-state index in [2.05, 4.69) is 29.1 Å². The maximum atomic E-state index is 5.98. The van der Waals surface area contributed by atoms with E-state index in [-0.39, 0.29) is 6.10 Å². The summed E-state index contributed by atoms with van der Waals surface area (Å²) in [5.41, 5.74) is 1.24. The quantitative estimate of drug-likeness (QED) is 0.885. The summed E-state index contributed by atoms with van der Waals surface area (Å²) in [6, 6.07) is 0. The van der Waals surface area contributed by atoms with Crippen LogP contribution in [0, 0.1) is 13.8 Å². The first-order chi connectivity index (χ1) is 8.25. The van der Waals surface area contributed by atoms with Gasteiger partial charge >= 0.3 is 0 Å². The third-order valence-corrected chi connectivity index (χ3v) is 4.34. The summed E-state index contributed by atoms with van der Waals surface area (Å²) in [4.78, 5) is 10.9. The molecule has 0 aliphatic carbocycles. The fourth-order valence-electron chi connectivity index (χ4n) is 2.13. The molecular formula is C12H15N3OS. The SMILES string of the molecule is Cc1sc2ncnc(OC3CCNC3)c2c1C. The molecule has 1 saturated heterocycles. The van der Waals surface area contributed by atoms with Gasteiger partial charge < -0.3 is 10.1 Å². The van der Waals surface area contributed by atoms with Crippen LogP contribution in [0.2, 0.25) is 0 Å². The van der Waals surface area contributed by atoms with Gasteiger partial charge in [0.05, 0.1) is 5.39 Å². The van der Waals surface area contributed by atoms with E-state index in [1.807, 2.05) is 0 Å². The fraction of sp³-hybridized carbons (Fsp3) is 0.500. The topological polar surface area (TPSA) is 47.0 Å². The van der Waals surface area contributed by atoms with Crippen LogP contribution < -0.4 is 10.1 Å². The lowest BCUT2D eigenvalue weighted by atomic mass is 10.2. The van der Waals surface area contributed by atoms with Crippen LogP contribution in [0.3, 0.4) is 0 Å². The Morgan fingerprint density at radius 1 is 1.41 bits per heavy atom. The molecule has 2 aromatic rings. The number of nitrogens with zero attached hydrogens (tertiary/aromatic N) is 2. The first-order valence-electron chi connectivity index (χ1n) is 5.84. The minimum Gasteiger partial charge on any atom is -0.472 e. The Hall–Kier alpha value is -1.20. The van der Waals surface area contributed by atoms with Crippen LogP contribution >= 0.6 is 11.3 Å². The Kier molecular flexibility index (Phi) is 2.72. The first-order valence-corrected chi connectivity index (χ1v) is 6.65. The number of aromatic nitrogens is 2. The summed E-state index contributed by atoms with van der Waals surface area (Å²) in [6.07, 6.45) is 2.89. The lowest BCUT2D eigenvalue weighted by molar-refractivity contribution is 0.217. The molecule has 90 valence electrons. The minimum atomic E-state index is 0.243. The van der Waals surface area contributed by atoms with Crippen molar-refractivity contribution in [3.05, 3.63) is 16.8 Å². The molecule has 1 unspecified atom stereocenters. The predicted octanol–water partition coefficient (Wildman–Crippen LogP) is 2.05. The largest absolute Gasteiger partial charge is 0.472 e. The van der Waals surface area contributed by atoms with Crippen LogP contribution in [0.15, 0.2) is 6.33 Å². The van der Waals surface area contributed by atoms with Crippen molar-refractivity contribution in [3.8, 4) is 5.88 Å². The second-order valence-electron chi connectivity index (χ2n) is 4.37. The van der Waals surface area contributed by atoms with Gasteiger partial charge in [0, 0.05) is 11.4 Å². The normalized spacial score (nSPS) is 20.0. The van der Waals surface area contributed by atoms with E-state index in [9.17, 15) is 0 Å². The number of thiophene rings is 1. The smallest absolute Gasteiger partial charge is 0.225 e. The molecule has 4 nitrogen and oxygen atoms in total. The van der Waals surface area contributed by atoms with E-state index in [4.69, 9.17) is 4.74 Å². The second kappa shape index (κ2) is 4.23. The Morgan fingerprint density at radius 3 is 3.06 bits per heavy atom. The van der Waals surface area contributed by atoms with Gasteiger partial charge in [-0.25, -0.2) is 9.97 Å². The second-order valence-corrected chi connectivity index (χ2v) is 5.58. The summed E-state index contributed by atoms with van der Waals surface area (Å²) >= 11 is 1.70. The highest BCUT2D eigenvalue weighted by atomic mass is 32.1. The van der Waals surface area contributed by atoms with E-state index in [0.29, 0.717) is 0 Å². The van der Waals surface area contributed by atoms with Crippen molar-refractivity contribution in [2.24, 2.45) is 0 Å². The lowest BCUT2D eigenvalue weighted by Gasteiger charge is -2.12.